The van der Waals surface area contributed by atoms with Gasteiger partial charge in [0.2, 0.25) is 21.8 Å². The number of nitrogens with zero attached hydrogens (tertiary/aromatic N) is 2. The molecule has 0 unspecified atom stereocenters. The maximum Gasteiger partial charge on any atom is 0.242 e. The predicted octanol–water partition coefficient (Wildman–Crippen LogP) is 4.18. The molecule has 0 aliphatic heterocycles. The van der Waals surface area contributed by atoms with Gasteiger partial charge in [-0.2, -0.15) is 0 Å². The summed E-state index contributed by atoms with van der Waals surface area (Å²) in [7, 11) is -3.56. The minimum absolute atomic E-state index is 0.0554. The molecule has 2 aromatic rings. The van der Waals surface area contributed by atoms with Gasteiger partial charge >= 0.3 is 0 Å². The normalized spacial score (nSPS) is 12.3. The summed E-state index contributed by atoms with van der Waals surface area (Å²) in [6.45, 7) is 10.1. The third kappa shape index (κ3) is 8.62. The lowest BCUT2D eigenvalue weighted by atomic mass is 10.1. The van der Waals surface area contributed by atoms with Crippen LogP contribution in [0.1, 0.15) is 50.3 Å². The fraction of sp³-hybridized carbons (Fsp3) is 0.481. The standard InChI is InChI=1S/C27H38FN3O4S/c1-19(2)17-29-27(33)22(5)30(18-23-11-13-24(28)14-12-23)26(32)8-7-15-31(36(6,34)35)25-16-20(3)9-10-21(25)4/h9-14,16,19,22H,7-8,15,17-18H2,1-6H3,(H,29,33)/t22-/m0/s1. The van der Waals surface area contributed by atoms with Gasteiger partial charge in [0, 0.05) is 26.1 Å². The molecule has 36 heavy (non-hydrogen) atoms. The van der Waals surface area contributed by atoms with E-state index in [-0.39, 0.29) is 49.5 Å². The zero-order chi connectivity index (χ0) is 27.0. The number of halogens is 1. The van der Waals surface area contributed by atoms with Crippen LogP contribution < -0.4 is 9.62 Å². The van der Waals surface area contributed by atoms with Crippen molar-refractivity contribution in [3.8, 4) is 0 Å². The van der Waals surface area contributed by atoms with Gasteiger partial charge in [-0.1, -0.05) is 38.1 Å². The Kier molecular flexibility index (Phi) is 10.5. The molecule has 0 saturated heterocycles. The van der Waals surface area contributed by atoms with E-state index in [1.165, 1.54) is 21.3 Å². The second kappa shape index (κ2) is 12.9. The number of rotatable bonds is 12. The van der Waals surface area contributed by atoms with E-state index < -0.39 is 16.1 Å². The topological polar surface area (TPSA) is 86.8 Å². The molecule has 1 atom stereocenters. The molecule has 2 rings (SSSR count). The van der Waals surface area contributed by atoms with Crippen LogP contribution in [0.2, 0.25) is 0 Å². The molecule has 2 aromatic carbocycles. The average molecular weight is 520 g/mol. The summed E-state index contributed by atoms with van der Waals surface area (Å²) in [5, 5.41) is 2.86. The van der Waals surface area contributed by atoms with E-state index in [4.69, 9.17) is 0 Å². The van der Waals surface area contributed by atoms with E-state index in [1.54, 1.807) is 19.1 Å². The first-order valence-corrected chi connectivity index (χ1v) is 14.0. The maximum atomic E-state index is 13.4. The number of anilines is 1. The van der Waals surface area contributed by atoms with E-state index in [1.807, 2.05) is 45.9 Å². The van der Waals surface area contributed by atoms with Crippen LogP contribution in [0.3, 0.4) is 0 Å². The molecule has 0 fully saturated rings. The highest BCUT2D eigenvalue weighted by Gasteiger charge is 2.27. The van der Waals surface area contributed by atoms with Gasteiger partial charge < -0.3 is 10.2 Å². The molecule has 0 aliphatic carbocycles. The van der Waals surface area contributed by atoms with Gasteiger partial charge in [0.25, 0.3) is 0 Å². The molecule has 0 spiro atoms. The molecular formula is C27H38FN3O4S. The number of hydrogen-bond acceptors (Lipinski definition) is 4. The molecule has 198 valence electrons. The van der Waals surface area contributed by atoms with Crippen molar-refractivity contribution in [1.29, 1.82) is 0 Å². The Labute approximate surface area is 214 Å². The van der Waals surface area contributed by atoms with Gasteiger partial charge in [-0.15, -0.1) is 0 Å². The Morgan fingerprint density at radius 1 is 1.03 bits per heavy atom. The van der Waals surface area contributed by atoms with E-state index in [2.05, 4.69) is 5.32 Å². The van der Waals surface area contributed by atoms with Gasteiger partial charge in [-0.3, -0.25) is 13.9 Å². The lowest BCUT2D eigenvalue weighted by Crippen LogP contribution is -2.48. The number of sulfonamides is 1. The largest absolute Gasteiger partial charge is 0.354 e. The van der Waals surface area contributed by atoms with Gasteiger partial charge in [0.05, 0.1) is 11.9 Å². The molecule has 9 heteroatoms. The molecule has 7 nitrogen and oxygen atoms in total. The zero-order valence-electron chi connectivity index (χ0n) is 22.0. The smallest absolute Gasteiger partial charge is 0.242 e. The van der Waals surface area contributed by atoms with Crippen LogP contribution in [0.4, 0.5) is 10.1 Å². The van der Waals surface area contributed by atoms with Crippen molar-refractivity contribution < 1.29 is 22.4 Å². The van der Waals surface area contributed by atoms with Crippen LogP contribution in [0, 0.1) is 25.6 Å². The van der Waals surface area contributed by atoms with E-state index in [0.29, 0.717) is 17.8 Å². The van der Waals surface area contributed by atoms with Crippen molar-refractivity contribution >= 4 is 27.5 Å². The van der Waals surface area contributed by atoms with E-state index in [0.717, 1.165) is 17.4 Å². The molecule has 0 saturated carbocycles. The van der Waals surface area contributed by atoms with E-state index in [9.17, 15) is 22.4 Å². The SMILES string of the molecule is Cc1ccc(C)c(N(CCCC(=O)N(Cc2ccc(F)cc2)[C@@H](C)C(=O)NCC(C)C)S(C)(=O)=O)c1. The van der Waals surface area contributed by atoms with Crippen molar-refractivity contribution in [2.75, 3.05) is 23.7 Å². The lowest BCUT2D eigenvalue weighted by molar-refractivity contribution is -0.140. The molecule has 1 N–H and O–H groups in total. The van der Waals surface area contributed by atoms with Crippen LogP contribution >= 0.6 is 0 Å². The Balaban J connectivity index is 2.18. The van der Waals surface area contributed by atoms with Gasteiger partial charge in [0.1, 0.15) is 11.9 Å². The molecule has 2 amide bonds. The summed E-state index contributed by atoms with van der Waals surface area (Å²) >= 11 is 0. The molecule has 0 radical (unpaired) electrons. The van der Waals surface area contributed by atoms with Crippen LogP contribution in [-0.4, -0.2) is 50.5 Å². The molecular weight excluding hydrogens is 481 g/mol. The number of amides is 2. The summed E-state index contributed by atoms with van der Waals surface area (Å²) in [6.07, 6.45) is 1.48. The Morgan fingerprint density at radius 2 is 1.67 bits per heavy atom. The van der Waals surface area contributed by atoms with Gasteiger partial charge in [0.15, 0.2) is 0 Å². The van der Waals surface area contributed by atoms with Gasteiger partial charge in [-0.25, -0.2) is 12.8 Å². The summed E-state index contributed by atoms with van der Waals surface area (Å²) in [5.41, 5.74) is 3.05. The number of benzene rings is 2. The number of hydrogen-bond donors (Lipinski definition) is 1. The highest BCUT2D eigenvalue weighted by atomic mass is 32.2. The monoisotopic (exact) mass is 519 g/mol. The molecule has 0 heterocycles. The van der Waals surface area contributed by atoms with Crippen LogP contribution in [-0.2, 0) is 26.2 Å². The summed E-state index contributed by atoms with van der Waals surface area (Å²) < 4.78 is 39.8. The fourth-order valence-electron chi connectivity index (χ4n) is 3.79. The predicted molar refractivity (Wildman–Crippen MR) is 142 cm³/mol. The van der Waals surface area contributed by atoms with Crippen molar-refractivity contribution in [3.05, 3.63) is 65.0 Å². The first-order chi connectivity index (χ1) is 16.8. The zero-order valence-corrected chi connectivity index (χ0v) is 22.9. The van der Waals surface area contributed by atoms with Crippen molar-refractivity contribution in [3.63, 3.8) is 0 Å². The van der Waals surface area contributed by atoms with Crippen molar-refractivity contribution in [2.45, 2.75) is 60.0 Å². The van der Waals surface area contributed by atoms with Crippen LogP contribution in [0.25, 0.3) is 0 Å². The highest BCUT2D eigenvalue weighted by molar-refractivity contribution is 7.92. The molecule has 0 bridgehead atoms. The van der Waals surface area contributed by atoms with Crippen molar-refractivity contribution in [1.82, 2.24) is 10.2 Å². The second-order valence-corrected chi connectivity index (χ2v) is 11.6. The quantitative estimate of drug-likeness (QED) is 0.456. The Bertz CT molecular complexity index is 1150. The number of aryl methyl sites for hydroxylation is 2. The highest BCUT2D eigenvalue weighted by Crippen LogP contribution is 2.24. The first-order valence-electron chi connectivity index (χ1n) is 12.2. The first kappa shape index (κ1) is 29.3. The van der Waals surface area contributed by atoms with Crippen molar-refractivity contribution in [2.24, 2.45) is 5.92 Å². The van der Waals surface area contributed by atoms with Gasteiger partial charge in [-0.05, 0) is 68.0 Å². The lowest BCUT2D eigenvalue weighted by Gasteiger charge is -2.30. The average Bonchev–Trinajstić information content (AvgIpc) is 2.80. The molecule has 0 aromatic heterocycles. The summed E-state index contributed by atoms with van der Waals surface area (Å²) in [4.78, 5) is 27.5. The Hall–Kier alpha value is -2.94. The minimum Gasteiger partial charge on any atom is -0.354 e. The third-order valence-corrected chi connectivity index (χ3v) is 7.08. The second-order valence-electron chi connectivity index (χ2n) is 9.69. The third-order valence-electron chi connectivity index (χ3n) is 5.90. The Morgan fingerprint density at radius 3 is 2.25 bits per heavy atom. The summed E-state index contributed by atoms with van der Waals surface area (Å²) in [6, 6.07) is 10.7. The van der Waals surface area contributed by atoms with Crippen LogP contribution in [0.5, 0.6) is 0 Å². The maximum absolute atomic E-state index is 13.4. The fourth-order valence-corrected chi connectivity index (χ4v) is 4.81. The van der Waals surface area contributed by atoms with E-state index >= 15 is 0 Å². The molecule has 0 aliphatic rings. The van der Waals surface area contributed by atoms with Crippen LogP contribution in [0.15, 0.2) is 42.5 Å². The number of carbonyl (C=O) groups excluding carboxylic acids is 2. The number of nitrogens with one attached hydrogen (secondary N) is 1. The minimum atomic E-state index is -3.56. The summed E-state index contributed by atoms with van der Waals surface area (Å²) in [5.74, 6) is -0.672. The number of carbonyl (C=O) groups is 2.